The first kappa shape index (κ1) is 19.1. The van der Waals surface area contributed by atoms with Crippen LogP contribution >= 0.6 is 28.1 Å². The Hall–Kier alpha value is -2.65. The predicted octanol–water partition coefficient (Wildman–Crippen LogP) is 4.36. The van der Waals surface area contributed by atoms with E-state index in [1.165, 1.54) is 0 Å². The van der Waals surface area contributed by atoms with Crippen LogP contribution in [-0.2, 0) is 0 Å². The molecule has 0 aliphatic heterocycles. The second-order valence-corrected chi connectivity index (χ2v) is 6.69. The number of nitrogens with one attached hydrogen (secondary N) is 2. The molecule has 2 aromatic carbocycles. The minimum Gasteiger partial charge on any atom is -0.496 e. The first-order chi connectivity index (χ1) is 13.1. The van der Waals surface area contributed by atoms with E-state index < -0.39 is 0 Å². The van der Waals surface area contributed by atoms with Crippen LogP contribution in [0.5, 0.6) is 11.5 Å². The van der Waals surface area contributed by atoms with Crippen LogP contribution in [0.4, 0.5) is 0 Å². The zero-order valence-electron chi connectivity index (χ0n) is 14.8. The van der Waals surface area contributed by atoms with E-state index in [2.05, 4.69) is 36.8 Å². The normalized spacial score (nSPS) is 10.9. The fourth-order valence-electron chi connectivity index (χ4n) is 2.41. The topological polar surface area (TPSA) is 76.5 Å². The third kappa shape index (κ3) is 4.55. The first-order valence-corrected chi connectivity index (χ1v) is 9.35. The smallest absolute Gasteiger partial charge is 0.216 e. The largest absolute Gasteiger partial charge is 0.496 e. The average molecular weight is 448 g/mol. The quantitative estimate of drug-likeness (QED) is 0.319. The molecule has 0 spiro atoms. The third-order valence-corrected chi connectivity index (χ3v) is 4.42. The molecule has 0 aliphatic carbocycles. The number of hydrazone groups is 1. The molecule has 9 heteroatoms. The van der Waals surface area contributed by atoms with E-state index in [-0.39, 0.29) is 0 Å². The van der Waals surface area contributed by atoms with Gasteiger partial charge in [0.2, 0.25) is 4.77 Å². The lowest BCUT2D eigenvalue weighted by Crippen LogP contribution is -2.11. The van der Waals surface area contributed by atoms with Crippen molar-refractivity contribution in [2.75, 3.05) is 19.3 Å². The van der Waals surface area contributed by atoms with Gasteiger partial charge in [0.05, 0.1) is 19.9 Å². The maximum atomic E-state index is 5.47. The summed E-state index contributed by atoms with van der Waals surface area (Å²) in [6, 6.07) is 13.3. The van der Waals surface area contributed by atoms with E-state index in [1.807, 2.05) is 49.4 Å². The van der Waals surface area contributed by atoms with Crippen molar-refractivity contribution in [1.29, 1.82) is 0 Å². The van der Waals surface area contributed by atoms with Gasteiger partial charge in [0.1, 0.15) is 11.5 Å². The molecule has 1 aromatic heterocycles. The zero-order chi connectivity index (χ0) is 19.2. The molecule has 3 rings (SSSR count). The Bertz CT molecular complexity index is 998. The fraction of sp³-hybridized carbons (Fsp3) is 0.167. The van der Waals surface area contributed by atoms with Crippen LogP contribution in [-0.4, -0.2) is 34.8 Å². The van der Waals surface area contributed by atoms with Crippen molar-refractivity contribution >= 4 is 34.4 Å². The lowest BCUT2D eigenvalue weighted by Gasteiger charge is -2.08. The molecule has 0 unspecified atom stereocenters. The molecule has 0 radical (unpaired) electrons. The van der Waals surface area contributed by atoms with Crippen LogP contribution in [0.15, 0.2) is 52.0 Å². The Balaban J connectivity index is 1.83. The van der Waals surface area contributed by atoms with Gasteiger partial charge in [-0.25, -0.2) is 10.6 Å². The number of ether oxygens (including phenoxy) is 2. The number of H-pyrrole nitrogens is 1. The van der Waals surface area contributed by atoms with E-state index in [1.54, 1.807) is 18.0 Å². The van der Waals surface area contributed by atoms with Gasteiger partial charge in [-0.1, -0.05) is 15.9 Å². The summed E-state index contributed by atoms with van der Waals surface area (Å²) in [5.74, 6) is 2.13. The number of nitrogens with zero attached hydrogens (tertiary/aromatic N) is 3. The number of methoxy groups -OCH3 is 1. The lowest BCUT2D eigenvalue weighted by molar-refractivity contribution is 0.340. The lowest BCUT2D eigenvalue weighted by atomic mass is 10.2. The highest BCUT2D eigenvalue weighted by atomic mass is 79.9. The molecular formula is C18H18BrN5O2S. The maximum Gasteiger partial charge on any atom is 0.216 e. The van der Waals surface area contributed by atoms with Crippen molar-refractivity contribution < 1.29 is 9.47 Å². The summed E-state index contributed by atoms with van der Waals surface area (Å²) in [6.07, 6.45) is 1.65. The molecule has 0 bridgehead atoms. The van der Waals surface area contributed by atoms with Gasteiger partial charge in [0, 0.05) is 15.6 Å². The molecule has 0 saturated carbocycles. The molecule has 140 valence electrons. The fourth-order valence-corrected chi connectivity index (χ4v) is 2.96. The second-order valence-electron chi connectivity index (χ2n) is 5.39. The molecule has 0 atom stereocenters. The summed E-state index contributed by atoms with van der Waals surface area (Å²) in [5.41, 5.74) is 4.59. The van der Waals surface area contributed by atoms with E-state index in [0.717, 1.165) is 21.3 Å². The number of benzene rings is 2. The summed E-state index contributed by atoms with van der Waals surface area (Å²) < 4.78 is 13.7. The molecule has 7 nitrogen and oxygen atoms in total. The minimum atomic E-state index is 0.400. The number of hydrogen-bond donors (Lipinski definition) is 2. The Morgan fingerprint density at radius 3 is 2.78 bits per heavy atom. The van der Waals surface area contributed by atoms with Gasteiger partial charge < -0.3 is 9.47 Å². The van der Waals surface area contributed by atoms with Crippen molar-refractivity contribution in [3.63, 3.8) is 0 Å². The molecule has 1 heterocycles. The highest BCUT2D eigenvalue weighted by Crippen LogP contribution is 2.22. The maximum absolute atomic E-state index is 5.47. The second kappa shape index (κ2) is 8.83. The molecular weight excluding hydrogens is 430 g/mol. The van der Waals surface area contributed by atoms with E-state index >= 15 is 0 Å². The van der Waals surface area contributed by atoms with Gasteiger partial charge in [0.15, 0.2) is 5.82 Å². The summed E-state index contributed by atoms with van der Waals surface area (Å²) in [6.45, 7) is 2.56. The predicted molar refractivity (Wildman–Crippen MR) is 112 cm³/mol. The minimum absolute atomic E-state index is 0.400. The van der Waals surface area contributed by atoms with Gasteiger partial charge in [-0.2, -0.15) is 14.9 Å². The molecule has 0 saturated heterocycles. The zero-order valence-corrected chi connectivity index (χ0v) is 17.2. The van der Waals surface area contributed by atoms with Gasteiger partial charge in [-0.05, 0) is 61.6 Å². The monoisotopic (exact) mass is 447 g/mol. The van der Waals surface area contributed by atoms with E-state index in [4.69, 9.17) is 21.7 Å². The van der Waals surface area contributed by atoms with Gasteiger partial charge >= 0.3 is 0 Å². The van der Waals surface area contributed by atoms with Crippen LogP contribution in [0.2, 0.25) is 0 Å². The summed E-state index contributed by atoms with van der Waals surface area (Å²) in [5, 5.41) is 11.3. The van der Waals surface area contributed by atoms with Gasteiger partial charge in [-0.15, -0.1) is 0 Å². The summed E-state index contributed by atoms with van der Waals surface area (Å²) in [7, 11) is 1.62. The van der Waals surface area contributed by atoms with Crippen molar-refractivity contribution in [2.45, 2.75) is 6.92 Å². The number of aromatic amines is 1. The molecule has 27 heavy (non-hydrogen) atoms. The van der Waals surface area contributed by atoms with Gasteiger partial charge in [0.25, 0.3) is 0 Å². The van der Waals surface area contributed by atoms with Crippen LogP contribution < -0.4 is 15.0 Å². The van der Waals surface area contributed by atoms with Gasteiger partial charge in [-0.3, -0.25) is 0 Å². The number of aromatic nitrogens is 3. The van der Waals surface area contributed by atoms with Crippen molar-refractivity contribution in [1.82, 2.24) is 14.9 Å². The van der Waals surface area contributed by atoms with Crippen LogP contribution in [0, 0.1) is 4.77 Å². The van der Waals surface area contributed by atoms with E-state index in [9.17, 15) is 0 Å². The van der Waals surface area contributed by atoms with Crippen LogP contribution in [0.3, 0.4) is 0 Å². The molecule has 3 aromatic rings. The molecule has 0 aliphatic rings. The first-order valence-electron chi connectivity index (χ1n) is 8.15. The Kier molecular flexibility index (Phi) is 6.25. The number of hydrogen-bond acceptors (Lipinski definition) is 6. The van der Waals surface area contributed by atoms with Crippen molar-refractivity contribution in [3.05, 3.63) is 57.3 Å². The van der Waals surface area contributed by atoms with Crippen molar-refractivity contribution in [2.24, 2.45) is 5.10 Å². The summed E-state index contributed by atoms with van der Waals surface area (Å²) >= 11 is 8.73. The average Bonchev–Trinajstić information content (AvgIpc) is 3.04. The summed E-state index contributed by atoms with van der Waals surface area (Å²) in [4.78, 5) is 0. The molecule has 0 fully saturated rings. The Morgan fingerprint density at radius 2 is 2.07 bits per heavy atom. The Morgan fingerprint density at radius 1 is 1.30 bits per heavy atom. The van der Waals surface area contributed by atoms with E-state index in [0.29, 0.717) is 23.0 Å². The van der Waals surface area contributed by atoms with Crippen LogP contribution in [0.1, 0.15) is 12.5 Å². The number of rotatable bonds is 7. The highest BCUT2D eigenvalue weighted by Gasteiger charge is 2.09. The molecule has 2 N–H and O–H groups in total. The molecule has 0 amide bonds. The van der Waals surface area contributed by atoms with Crippen LogP contribution in [0.25, 0.3) is 11.4 Å². The Labute approximate surface area is 170 Å². The third-order valence-electron chi connectivity index (χ3n) is 3.65. The van der Waals surface area contributed by atoms with Crippen molar-refractivity contribution in [3.8, 4) is 22.9 Å². The SMILES string of the molecule is CCOc1ccc(-c2n[nH]c(=S)n2N/N=C\c2cc(Br)ccc2OC)cc1. The number of halogens is 1. The standard InChI is InChI=1S/C18H18BrN5O2S/c1-3-26-15-7-4-12(5-8-15)17-21-22-18(27)24(17)23-20-11-13-10-14(19)6-9-16(13)25-2/h4-11,23H,3H2,1-2H3,(H,22,27)/b20-11-. The highest BCUT2D eigenvalue weighted by molar-refractivity contribution is 9.10.